The van der Waals surface area contributed by atoms with Crippen LogP contribution in [-0.4, -0.2) is 25.1 Å². The van der Waals surface area contributed by atoms with Crippen molar-refractivity contribution in [1.29, 1.82) is 0 Å². The molecule has 3 aromatic rings. The number of rotatable bonds is 5. The lowest BCUT2D eigenvalue weighted by Crippen LogP contribution is -2.41. The van der Waals surface area contributed by atoms with E-state index in [-0.39, 0.29) is 17.4 Å². The van der Waals surface area contributed by atoms with Gasteiger partial charge in [-0.1, -0.05) is 54.6 Å². The van der Waals surface area contributed by atoms with Gasteiger partial charge in [-0.05, 0) is 48.9 Å². The maximum absolute atomic E-state index is 13.4. The van der Waals surface area contributed by atoms with E-state index < -0.39 is 0 Å². The summed E-state index contributed by atoms with van der Waals surface area (Å²) < 4.78 is 0. The minimum atomic E-state index is -0.383. The van der Waals surface area contributed by atoms with E-state index in [2.05, 4.69) is 5.10 Å². The van der Waals surface area contributed by atoms with Gasteiger partial charge in [-0.25, -0.2) is 10.0 Å². The largest absolute Gasteiger partial charge is 0.283 e. The highest BCUT2D eigenvalue weighted by molar-refractivity contribution is 6.37. The maximum atomic E-state index is 13.4. The summed E-state index contributed by atoms with van der Waals surface area (Å²) >= 11 is 0. The van der Waals surface area contributed by atoms with Crippen LogP contribution in [0.4, 0.5) is 17.1 Å². The zero-order valence-corrected chi connectivity index (χ0v) is 17.3. The predicted octanol–water partition coefficient (Wildman–Crippen LogP) is 4.42. The van der Waals surface area contributed by atoms with Gasteiger partial charge < -0.3 is 0 Å². The number of carbonyl (C=O) groups is 2. The summed E-state index contributed by atoms with van der Waals surface area (Å²) in [5, 5.41) is 8.92. The van der Waals surface area contributed by atoms with Gasteiger partial charge in [-0.3, -0.25) is 14.6 Å². The van der Waals surface area contributed by atoms with E-state index in [1.54, 1.807) is 42.4 Å². The summed E-state index contributed by atoms with van der Waals surface area (Å²) in [6, 6.07) is 27.9. The third kappa shape index (κ3) is 3.96. The molecule has 1 heterocycles. The van der Waals surface area contributed by atoms with E-state index >= 15 is 0 Å². The van der Waals surface area contributed by atoms with Gasteiger partial charge in [0.1, 0.15) is 5.57 Å². The number of hydrazine groups is 1. The van der Waals surface area contributed by atoms with E-state index in [1.807, 2.05) is 73.8 Å². The molecule has 3 aromatic carbocycles. The second-order valence-corrected chi connectivity index (χ2v) is 7.07. The number of amides is 2. The van der Waals surface area contributed by atoms with Crippen LogP contribution in [-0.2, 0) is 9.59 Å². The molecular weight excluding hydrogens is 388 g/mol. The van der Waals surface area contributed by atoms with E-state index in [9.17, 15) is 9.59 Å². The quantitative estimate of drug-likeness (QED) is 0.271. The summed E-state index contributed by atoms with van der Waals surface area (Å²) in [6.07, 6.45) is 1.55. The Balaban J connectivity index is 1.73. The molecule has 0 atom stereocenters. The minimum absolute atomic E-state index is 0.0953. The van der Waals surface area contributed by atoms with E-state index in [0.717, 1.165) is 5.69 Å². The topological polar surface area (TPSA) is 56.2 Å². The third-order valence-corrected chi connectivity index (χ3v) is 4.96. The second kappa shape index (κ2) is 8.67. The van der Waals surface area contributed by atoms with Crippen LogP contribution in [0.3, 0.4) is 0 Å². The Morgan fingerprint density at radius 1 is 0.742 bits per heavy atom. The number of allylic oxidation sites excluding steroid dienone is 1. The fourth-order valence-electron chi connectivity index (χ4n) is 3.37. The van der Waals surface area contributed by atoms with Gasteiger partial charge in [0.05, 0.1) is 23.3 Å². The van der Waals surface area contributed by atoms with Crippen molar-refractivity contribution in [3.8, 4) is 0 Å². The summed E-state index contributed by atoms with van der Waals surface area (Å²) in [4.78, 5) is 26.8. The Hall–Kier alpha value is -4.19. The lowest BCUT2D eigenvalue weighted by atomic mass is 10.1. The standard InChI is InChI=1S/C25H22N4O2/c1-19(18-26-27(2)20-12-6-3-7-13-20)23-24(30)28(21-14-8-4-9-15-21)29(25(23)31)22-16-10-5-11-17-22/h3-18H,1-2H3/b26-18+. The molecule has 154 valence electrons. The summed E-state index contributed by atoms with van der Waals surface area (Å²) in [7, 11) is 1.81. The smallest absolute Gasteiger partial charge is 0.269 e. The lowest BCUT2D eigenvalue weighted by Gasteiger charge is -2.27. The number of anilines is 3. The Bertz CT molecular complexity index is 1080. The number of benzene rings is 3. The minimum Gasteiger partial charge on any atom is -0.269 e. The Morgan fingerprint density at radius 3 is 1.61 bits per heavy atom. The molecule has 0 bridgehead atoms. The second-order valence-electron chi connectivity index (χ2n) is 7.07. The monoisotopic (exact) mass is 410 g/mol. The SMILES string of the molecule is CC(/C=N/N(C)c1ccccc1)=C1C(=O)N(c2ccccc2)N(c2ccccc2)C1=O. The van der Waals surface area contributed by atoms with Gasteiger partial charge in [-0.15, -0.1) is 0 Å². The van der Waals surface area contributed by atoms with Crippen LogP contribution >= 0.6 is 0 Å². The molecule has 1 saturated heterocycles. The Morgan fingerprint density at radius 2 is 1.16 bits per heavy atom. The molecule has 4 rings (SSSR count). The number of para-hydroxylation sites is 3. The highest BCUT2D eigenvalue weighted by atomic mass is 16.2. The molecule has 31 heavy (non-hydrogen) atoms. The van der Waals surface area contributed by atoms with Gasteiger partial charge in [0, 0.05) is 7.05 Å². The van der Waals surface area contributed by atoms with Gasteiger partial charge >= 0.3 is 0 Å². The van der Waals surface area contributed by atoms with E-state index in [0.29, 0.717) is 16.9 Å². The number of hydrazone groups is 1. The number of nitrogens with zero attached hydrogens (tertiary/aromatic N) is 4. The molecule has 0 spiro atoms. The van der Waals surface area contributed by atoms with Crippen molar-refractivity contribution in [2.75, 3.05) is 22.1 Å². The van der Waals surface area contributed by atoms with E-state index in [1.165, 1.54) is 10.0 Å². The van der Waals surface area contributed by atoms with Crippen molar-refractivity contribution >= 4 is 35.1 Å². The van der Waals surface area contributed by atoms with Crippen molar-refractivity contribution in [3.05, 3.63) is 102 Å². The molecule has 1 fully saturated rings. The highest BCUT2D eigenvalue weighted by Crippen LogP contribution is 2.32. The van der Waals surface area contributed by atoms with E-state index in [4.69, 9.17) is 0 Å². The molecule has 0 saturated carbocycles. The molecule has 6 nitrogen and oxygen atoms in total. The van der Waals surface area contributed by atoms with Crippen molar-refractivity contribution in [1.82, 2.24) is 0 Å². The first-order valence-electron chi connectivity index (χ1n) is 9.90. The Kier molecular flexibility index (Phi) is 5.62. The maximum Gasteiger partial charge on any atom is 0.283 e. The fraction of sp³-hybridized carbons (Fsp3) is 0.0800. The van der Waals surface area contributed by atoms with Crippen molar-refractivity contribution in [2.45, 2.75) is 6.92 Å². The molecule has 0 aromatic heterocycles. The lowest BCUT2D eigenvalue weighted by molar-refractivity contribution is -0.116. The molecule has 0 N–H and O–H groups in total. The van der Waals surface area contributed by atoms with Crippen molar-refractivity contribution < 1.29 is 9.59 Å². The zero-order valence-electron chi connectivity index (χ0n) is 17.3. The Labute approximate surface area is 181 Å². The van der Waals surface area contributed by atoms with Gasteiger partial charge in [0.25, 0.3) is 11.8 Å². The van der Waals surface area contributed by atoms with Crippen LogP contribution in [0.25, 0.3) is 0 Å². The molecule has 0 aliphatic carbocycles. The van der Waals surface area contributed by atoms with Crippen LogP contribution in [0, 0.1) is 0 Å². The van der Waals surface area contributed by atoms with Crippen LogP contribution in [0.2, 0.25) is 0 Å². The number of hydrogen-bond donors (Lipinski definition) is 0. The van der Waals surface area contributed by atoms with Crippen molar-refractivity contribution in [2.24, 2.45) is 5.10 Å². The molecule has 1 aliphatic rings. The normalized spacial score (nSPS) is 13.9. The first-order chi connectivity index (χ1) is 15.1. The molecule has 6 heteroatoms. The fourth-order valence-corrected chi connectivity index (χ4v) is 3.37. The molecular formula is C25H22N4O2. The van der Waals surface area contributed by atoms with Gasteiger partial charge in [0.2, 0.25) is 0 Å². The molecule has 0 unspecified atom stereocenters. The number of carbonyl (C=O) groups excluding carboxylic acids is 2. The van der Waals surface area contributed by atoms with Gasteiger partial charge in [-0.2, -0.15) is 5.10 Å². The zero-order chi connectivity index (χ0) is 21.8. The molecule has 2 amide bonds. The van der Waals surface area contributed by atoms with Crippen LogP contribution in [0.5, 0.6) is 0 Å². The highest BCUT2D eigenvalue weighted by Gasteiger charge is 2.43. The molecule has 1 aliphatic heterocycles. The van der Waals surface area contributed by atoms with Crippen LogP contribution in [0.15, 0.2) is 107 Å². The summed E-state index contributed by atoms with van der Waals surface area (Å²) in [5.74, 6) is -0.766. The predicted molar refractivity (Wildman–Crippen MR) is 124 cm³/mol. The summed E-state index contributed by atoms with van der Waals surface area (Å²) in [6.45, 7) is 1.73. The first kappa shape index (κ1) is 20.1. The van der Waals surface area contributed by atoms with Crippen LogP contribution in [0.1, 0.15) is 6.92 Å². The molecule has 0 radical (unpaired) electrons. The average Bonchev–Trinajstić information content (AvgIpc) is 3.09. The first-order valence-corrected chi connectivity index (χ1v) is 9.90. The summed E-state index contributed by atoms with van der Waals surface area (Å²) in [5.41, 5.74) is 2.73. The third-order valence-electron chi connectivity index (χ3n) is 4.96. The van der Waals surface area contributed by atoms with Crippen LogP contribution < -0.4 is 15.0 Å². The van der Waals surface area contributed by atoms with Crippen molar-refractivity contribution in [3.63, 3.8) is 0 Å². The number of hydrogen-bond acceptors (Lipinski definition) is 4. The van der Waals surface area contributed by atoms with Gasteiger partial charge in [0.15, 0.2) is 0 Å². The average molecular weight is 410 g/mol.